The predicted octanol–water partition coefficient (Wildman–Crippen LogP) is 2.46. The minimum absolute atomic E-state index is 0.766. The highest BCUT2D eigenvalue weighted by Gasteiger charge is 1.94. The monoisotopic (exact) mass is 246 g/mol. The predicted molar refractivity (Wildman–Crippen MR) is 73.9 cm³/mol. The van der Waals surface area contributed by atoms with Crippen LogP contribution in [0.2, 0.25) is 0 Å². The normalized spacial score (nSPS) is 10.1. The lowest BCUT2D eigenvalue weighted by molar-refractivity contribution is 0.129. The molecule has 0 amide bonds. The Morgan fingerprint density at radius 3 is 2.12 bits per heavy atom. The summed E-state index contributed by atoms with van der Waals surface area (Å²) >= 11 is 5.12. The van der Waals surface area contributed by atoms with Crippen LogP contribution >= 0.6 is 12.2 Å². The Bertz CT molecular complexity index is 165. The topological polar surface area (TPSA) is 33.3 Å². The number of ether oxygens (including phenoxy) is 1. The second kappa shape index (κ2) is 12.7. The van der Waals surface area contributed by atoms with E-state index in [1.54, 1.807) is 0 Å². The molecule has 0 aliphatic heterocycles. The summed E-state index contributed by atoms with van der Waals surface area (Å²) in [5.74, 6) is 0. The molecule has 0 aliphatic carbocycles. The van der Waals surface area contributed by atoms with Crippen molar-refractivity contribution >= 4 is 17.3 Å². The zero-order chi connectivity index (χ0) is 12.1. The number of hydrogen-bond acceptors (Lipinski definition) is 2. The molecule has 3 nitrogen and oxygen atoms in total. The maximum Gasteiger partial charge on any atom is 0.166 e. The second-order valence-electron chi connectivity index (χ2n) is 3.86. The number of rotatable bonds is 10. The molecule has 0 bridgehead atoms. The number of thiocarbonyl (C=S) groups is 1. The lowest BCUT2D eigenvalue weighted by Gasteiger charge is -2.09. The fourth-order valence-electron chi connectivity index (χ4n) is 1.17. The molecule has 0 atom stereocenters. The lowest BCUT2D eigenvalue weighted by atomic mass is 10.3. The van der Waals surface area contributed by atoms with E-state index in [0.29, 0.717) is 0 Å². The highest BCUT2D eigenvalue weighted by molar-refractivity contribution is 7.80. The molecule has 0 fully saturated rings. The first-order valence-corrected chi connectivity index (χ1v) is 6.81. The van der Waals surface area contributed by atoms with Crippen molar-refractivity contribution in [3.05, 3.63) is 0 Å². The fraction of sp³-hybridized carbons (Fsp3) is 0.917. The third-order valence-corrected chi connectivity index (χ3v) is 2.50. The summed E-state index contributed by atoms with van der Waals surface area (Å²) in [6, 6.07) is 0. The van der Waals surface area contributed by atoms with Gasteiger partial charge in [-0.25, -0.2) is 0 Å². The molecule has 0 aromatic rings. The van der Waals surface area contributed by atoms with Gasteiger partial charge >= 0.3 is 0 Å². The summed E-state index contributed by atoms with van der Waals surface area (Å²) in [5.41, 5.74) is 0. The van der Waals surface area contributed by atoms with E-state index in [9.17, 15) is 0 Å². The molecule has 2 N–H and O–H groups in total. The summed E-state index contributed by atoms with van der Waals surface area (Å²) in [4.78, 5) is 0. The van der Waals surface area contributed by atoms with Gasteiger partial charge in [0.25, 0.3) is 0 Å². The molecule has 0 heterocycles. The Morgan fingerprint density at radius 1 is 0.938 bits per heavy atom. The average molecular weight is 246 g/mol. The highest BCUT2D eigenvalue weighted by Crippen LogP contribution is 1.89. The Balaban J connectivity index is 3.09. The molecule has 0 spiro atoms. The molecule has 0 saturated heterocycles. The molecule has 0 aliphatic rings. The van der Waals surface area contributed by atoms with E-state index in [4.69, 9.17) is 17.0 Å². The van der Waals surface area contributed by atoms with E-state index < -0.39 is 0 Å². The van der Waals surface area contributed by atoms with E-state index in [0.717, 1.165) is 44.3 Å². The van der Waals surface area contributed by atoms with Gasteiger partial charge < -0.3 is 15.4 Å². The quantitative estimate of drug-likeness (QED) is 0.458. The maximum absolute atomic E-state index is 5.45. The van der Waals surface area contributed by atoms with Crippen molar-refractivity contribution in [2.75, 3.05) is 26.3 Å². The van der Waals surface area contributed by atoms with Gasteiger partial charge in [0, 0.05) is 26.3 Å². The van der Waals surface area contributed by atoms with Gasteiger partial charge in [-0.05, 0) is 31.5 Å². The first-order valence-electron chi connectivity index (χ1n) is 6.40. The number of unbranched alkanes of at least 4 members (excludes halogenated alkanes) is 2. The van der Waals surface area contributed by atoms with E-state index in [-0.39, 0.29) is 0 Å². The Labute approximate surface area is 105 Å². The first-order chi connectivity index (χ1) is 7.81. The minimum atomic E-state index is 0.766. The summed E-state index contributed by atoms with van der Waals surface area (Å²) in [5, 5.41) is 7.11. The third-order valence-electron chi connectivity index (χ3n) is 2.21. The van der Waals surface area contributed by atoms with Gasteiger partial charge in [-0.2, -0.15) is 0 Å². The largest absolute Gasteiger partial charge is 0.381 e. The summed E-state index contributed by atoms with van der Waals surface area (Å²) in [6.07, 6.45) is 5.73. The zero-order valence-corrected chi connectivity index (χ0v) is 11.5. The molecule has 0 aromatic heterocycles. The van der Waals surface area contributed by atoms with E-state index in [2.05, 4.69) is 24.5 Å². The Morgan fingerprint density at radius 2 is 1.50 bits per heavy atom. The summed E-state index contributed by atoms with van der Waals surface area (Å²) < 4.78 is 5.45. The van der Waals surface area contributed by atoms with Crippen molar-refractivity contribution in [1.82, 2.24) is 10.6 Å². The van der Waals surface area contributed by atoms with Crippen molar-refractivity contribution in [2.45, 2.75) is 46.0 Å². The highest BCUT2D eigenvalue weighted by atomic mass is 32.1. The van der Waals surface area contributed by atoms with Crippen molar-refractivity contribution in [3.63, 3.8) is 0 Å². The lowest BCUT2D eigenvalue weighted by Crippen LogP contribution is -2.36. The van der Waals surface area contributed by atoms with Crippen molar-refractivity contribution in [1.29, 1.82) is 0 Å². The van der Waals surface area contributed by atoms with Crippen molar-refractivity contribution < 1.29 is 4.74 Å². The van der Waals surface area contributed by atoms with Gasteiger partial charge in [0.2, 0.25) is 0 Å². The zero-order valence-electron chi connectivity index (χ0n) is 10.7. The molecule has 0 radical (unpaired) electrons. The van der Waals surface area contributed by atoms with Crippen LogP contribution in [-0.2, 0) is 4.74 Å². The molecule has 4 heteroatoms. The molecule has 0 saturated carbocycles. The van der Waals surface area contributed by atoms with Crippen LogP contribution in [0.3, 0.4) is 0 Å². The van der Waals surface area contributed by atoms with E-state index >= 15 is 0 Å². The van der Waals surface area contributed by atoms with E-state index in [1.165, 1.54) is 19.3 Å². The van der Waals surface area contributed by atoms with Crippen molar-refractivity contribution in [2.24, 2.45) is 0 Å². The molecule has 96 valence electrons. The van der Waals surface area contributed by atoms with Crippen LogP contribution in [0, 0.1) is 0 Å². The van der Waals surface area contributed by atoms with Crippen LogP contribution in [0.15, 0.2) is 0 Å². The maximum atomic E-state index is 5.45. The first kappa shape index (κ1) is 15.7. The second-order valence-corrected chi connectivity index (χ2v) is 4.26. The van der Waals surface area contributed by atoms with Gasteiger partial charge in [-0.1, -0.05) is 26.7 Å². The van der Waals surface area contributed by atoms with Crippen LogP contribution in [0.5, 0.6) is 0 Å². The van der Waals surface area contributed by atoms with Gasteiger partial charge in [0.1, 0.15) is 0 Å². The smallest absolute Gasteiger partial charge is 0.166 e. The standard InChI is InChI=1S/C12H26N2OS/c1-3-5-8-13-12(16)14-9-7-11-15-10-6-4-2/h3-11H2,1-2H3,(H2,13,14,16). The van der Waals surface area contributed by atoms with E-state index in [1.807, 2.05) is 0 Å². The van der Waals surface area contributed by atoms with Crippen LogP contribution in [0.4, 0.5) is 0 Å². The molecule has 0 rings (SSSR count). The molecular weight excluding hydrogens is 220 g/mol. The van der Waals surface area contributed by atoms with Crippen LogP contribution in [0.1, 0.15) is 46.0 Å². The SMILES string of the molecule is CCCCNC(=S)NCCCOCCCC. The average Bonchev–Trinajstić information content (AvgIpc) is 2.28. The third kappa shape index (κ3) is 11.7. The molecular formula is C12H26N2OS. The van der Waals surface area contributed by atoms with Crippen molar-refractivity contribution in [3.8, 4) is 0 Å². The van der Waals surface area contributed by atoms with Gasteiger partial charge in [-0.3, -0.25) is 0 Å². The molecule has 0 aromatic carbocycles. The number of hydrogen-bond donors (Lipinski definition) is 2. The van der Waals surface area contributed by atoms with Gasteiger partial charge in [-0.15, -0.1) is 0 Å². The van der Waals surface area contributed by atoms with Gasteiger partial charge in [0.15, 0.2) is 5.11 Å². The van der Waals surface area contributed by atoms with Crippen LogP contribution in [0.25, 0.3) is 0 Å². The van der Waals surface area contributed by atoms with Crippen LogP contribution in [-0.4, -0.2) is 31.4 Å². The molecule has 0 unspecified atom stereocenters. The summed E-state index contributed by atoms with van der Waals surface area (Å²) in [6.45, 7) is 7.91. The fourth-order valence-corrected chi connectivity index (χ4v) is 1.37. The Hall–Kier alpha value is -0.350. The number of nitrogens with one attached hydrogen (secondary N) is 2. The Kier molecular flexibility index (Phi) is 12.4. The summed E-state index contributed by atoms with van der Waals surface area (Å²) in [7, 11) is 0. The molecule has 16 heavy (non-hydrogen) atoms. The minimum Gasteiger partial charge on any atom is -0.381 e. The van der Waals surface area contributed by atoms with Crippen LogP contribution < -0.4 is 10.6 Å². The van der Waals surface area contributed by atoms with Gasteiger partial charge in [0.05, 0.1) is 0 Å².